The standard InChI is InChI=1S/C8H10O2/c1-3-4-8(2)5-6(8)7(9)10/h6H,5H2,1-2H3,(H,9,10). The molecule has 1 aliphatic rings. The maximum absolute atomic E-state index is 10.4. The van der Waals surface area contributed by atoms with Gasteiger partial charge in [0.15, 0.2) is 0 Å². The van der Waals surface area contributed by atoms with Crippen LogP contribution in [-0.2, 0) is 4.79 Å². The maximum Gasteiger partial charge on any atom is 0.308 e. The van der Waals surface area contributed by atoms with E-state index in [1.54, 1.807) is 6.92 Å². The first kappa shape index (κ1) is 7.14. The Hall–Kier alpha value is -0.970. The highest BCUT2D eigenvalue weighted by molar-refractivity contribution is 5.75. The molecule has 0 bridgehead atoms. The summed E-state index contributed by atoms with van der Waals surface area (Å²) in [7, 11) is 0. The van der Waals surface area contributed by atoms with E-state index in [9.17, 15) is 4.79 Å². The minimum absolute atomic E-state index is 0.222. The molecule has 2 unspecified atom stereocenters. The summed E-state index contributed by atoms with van der Waals surface area (Å²) in [5.74, 6) is 4.70. The number of hydrogen-bond acceptors (Lipinski definition) is 1. The second kappa shape index (κ2) is 2.02. The number of hydrogen-bond donors (Lipinski definition) is 1. The molecule has 1 aliphatic carbocycles. The van der Waals surface area contributed by atoms with Gasteiger partial charge in [-0.25, -0.2) is 0 Å². The third-order valence-corrected chi connectivity index (χ3v) is 1.95. The molecule has 0 radical (unpaired) electrons. The zero-order valence-corrected chi connectivity index (χ0v) is 6.14. The molecule has 1 saturated carbocycles. The highest BCUT2D eigenvalue weighted by Gasteiger charge is 2.54. The van der Waals surface area contributed by atoms with Crippen molar-refractivity contribution in [2.75, 3.05) is 0 Å². The van der Waals surface area contributed by atoms with Crippen LogP contribution < -0.4 is 0 Å². The zero-order valence-electron chi connectivity index (χ0n) is 6.14. The molecule has 2 atom stereocenters. The fourth-order valence-corrected chi connectivity index (χ4v) is 1.15. The quantitative estimate of drug-likeness (QED) is 0.551. The van der Waals surface area contributed by atoms with Crippen LogP contribution in [0.1, 0.15) is 20.3 Å². The minimum Gasteiger partial charge on any atom is -0.481 e. The molecule has 2 nitrogen and oxygen atoms in total. The summed E-state index contributed by atoms with van der Waals surface area (Å²) in [6.07, 6.45) is 0.711. The van der Waals surface area contributed by atoms with E-state index in [2.05, 4.69) is 11.8 Å². The highest BCUT2D eigenvalue weighted by atomic mass is 16.4. The van der Waals surface area contributed by atoms with E-state index in [0.29, 0.717) is 6.42 Å². The van der Waals surface area contributed by atoms with Gasteiger partial charge in [0.25, 0.3) is 0 Å². The lowest BCUT2D eigenvalue weighted by atomic mass is 10.1. The molecule has 0 aliphatic heterocycles. The Bertz CT molecular complexity index is 221. The van der Waals surface area contributed by atoms with Gasteiger partial charge in [0.2, 0.25) is 0 Å². The Morgan fingerprint density at radius 1 is 1.80 bits per heavy atom. The summed E-state index contributed by atoms with van der Waals surface area (Å²) in [5.41, 5.74) is -0.222. The molecule has 1 fully saturated rings. The van der Waals surface area contributed by atoms with E-state index in [4.69, 9.17) is 5.11 Å². The van der Waals surface area contributed by atoms with Crippen LogP contribution in [0.15, 0.2) is 0 Å². The van der Waals surface area contributed by atoms with Gasteiger partial charge in [-0.05, 0) is 20.3 Å². The van der Waals surface area contributed by atoms with Crippen molar-refractivity contribution in [1.29, 1.82) is 0 Å². The smallest absolute Gasteiger partial charge is 0.308 e. The molecular formula is C8H10O2. The molecule has 1 rings (SSSR count). The first-order chi connectivity index (χ1) is 4.60. The van der Waals surface area contributed by atoms with Crippen molar-refractivity contribution >= 4 is 5.97 Å². The topological polar surface area (TPSA) is 37.3 Å². The van der Waals surface area contributed by atoms with Gasteiger partial charge in [-0.2, -0.15) is 0 Å². The van der Waals surface area contributed by atoms with Crippen LogP contribution in [0.4, 0.5) is 0 Å². The van der Waals surface area contributed by atoms with Gasteiger partial charge in [-0.3, -0.25) is 4.79 Å². The lowest BCUT2D eigenvalue weighted by Crippen LogP contribution is -2.04. The SMILES string of the molecule is CC#CC1(C)CC1C(=O)O. The lowest BCUT2D eigenvalue weighted by Gasteiger charge is -1.95. The largest absolute Gasteiger partial charge is 0.481 e. The fourth-order valence-electron chi connectivity index (χ4n) is 1.15. The molecule has 2 heteroatoms. The number of rotatable bonds is 1. The monoisotopic (exact) mass is 138 g/mol. The molecule has 54 valence electrons. The van der Waals surface area contributed by atoms with Gasteiger partial charge >= 0.3 is 5.97 Å². The molecule has 0 heterocycles. The van der Waals surface area contributed by atoms with E-state index in [-0.39, 0.29) is 11.3 Å². The van der Waals surface area contributed by atoms with Crippen LogP contribution >= 0.6 is 0 Å². The Kier molecular flexibility index (Phi) is 1.44. The summed E-state index contributed by atoms with van der Waals surface area (Å²) in [5, 5.41) is 8.55. The number of carbonyl (C=O) groups is 1. The van der Waals surface area contributed by atoms with Crippen molar-refractivity contribution in [3.63, 3.8) is 0 Å². The zero-order chi connectivity index (χ0) is 7.78. The second-order valence-electron chi connectivity index (χ2n) is 2.89. The fraction of sp³-hybridized carbons (Fsp3) is 0.625. The Balaban J connectivity index is 2.62. The third kappa shape index (κ3) is 0.995. The van der Waals surface area contributed by atoms with E-state index in [0.717, 1.165) is 0 Å². The van der Waals surface area contributed by atoms with Crippen molar-refractivity contribution in [3.05, 3.63) is 0 Å². The molecule has 0 aromatic rings. The summed E-state index contributed by atoms with van der Waals surface area (Å²) in [6.45, 7) is 3.63. The van der Waals surface area contributed by atoms with Gasteiger partial charge in [0.05, 0.1) is 5.92 Å². The van der Waals surface area contributed by atoms with Gasteiger partial charge in [0, 0.05) is 5.41 Å². The van der Waals surface area contributed by atoms with Crippen molar-refractivity contribution in [2.45, 2.75) is 20.3 Å². The van der Waals surface area contributed by atoms with E-state index >= 15 is 0 Å². The number of carboxylic acids is 1. The first-order valence-corrected chi connectivity index (χ1v) is 3.27. The Labute approximate surface area is 60.2 Å². The average Bonchev–Trinajstić information content (AvgIpc) is 2.43. The van der Waals surface area contributed by atoms with Gasteiger partial charge in [-0.1, -0.05) is 5.92 Å². The third-order valence-electron chi connectivity index (χ3n) is 1.95. The number of carboxylic acid groups (broad SMARTS) is 1. The van der Waals surface area contributed by atoms with Crippen molar-refractivity contribution in [3.8, 4) is 11.8 Å². The molecule has 10 heavy (non-hydrogen) atoms. The van der Waals surface area contributed by atoms with E-state index in [1.807, 2.05) is 6.92 Å². The Morgan fingerprint density at radius 3 is 2.70 bits per heavy atom. The van der Waals surface area contributed by atoms with Crippen molar-refractivity contribution in [2.24, 2.45) is 11.3 Å². The van der Waals surface area contributed by atoms with Crippen LogP contribution in [0.5, 0.6) is 0 Å². The Morgan fingerprint density at radius 2 is 2.40 bits per heavy atom. The van der Waals surface area contributed by atoms with Crippen molar-refractivity contribution < 1.29 is 9.90 Å². The molecule has 0 aromatic carbocycles. The minimum atomic E-state index is -0.717. The van der Waals surface area contributed by atoms with Crippen LogP contribution in [-0.4, -0.2) is 11.1 Å². The normalized spacial score (nSPS) is 36.0. The summed E-state index contributed by atoms with van der Waals surface area (Å²) in [6, 6.07) is 0. The molecular weight excluding hydrogens is 128 g/mol. The van der Waals surface area contributed by atoms with Gasteiger partial charge < -0.3 is 5.11 Å². The van der Waals surface area contributed by atoms with Crippen LogP contribution in [0, 0.1) is 23.2 Å². The van der Waals surface area contributed by atoms with Gasteiger partial charge in [-0.15, -0.1) is 5.92 Å². The molecule has 0 saturated heterocycles. The highest BCUT2D eigenvalue weighted by Crippen LogP contribution is 2.51. The first-order valence-electron chi connectivity index (χ1n) is 3.27. The summed E-state index contributed by atoms with van der Waals surface area (Å²) >= 11 is 0. The van der Waals surface area contributed by atoms with E-state index < -0.39 is 5.97 Å². The molecule has 0 amide bonds. The van der Waals surface area contributed by atoms with Crippen LogP contribution in [0.3, 0.4) is 0 Å². The average molecular weight is 138 g/mol. The molecule has 0 aromatic heterocycles. The predicted octanol–water partition coefficient (Wildman–Crippen LogP) is 1.12. The maximum atomic E-state index is 10.4. The number of aliphatic carboxylic acids is 1. The van der Waals surface area contributed by atoms with Crippen molar-refractivity contribution in [1.82, 2.24) is 0 Å². The lowest BCUT2D eigenvalue weighted by molar-refractivity contribution is -0.139. The summed E-state index contributed by atoms with van der Waals surface area (Å²) in [4.78, 5) is 10.4. The van der Waals surface area contributed by atoms with Gasteiger partial charge in [0.1, 0.15) is 0 Å². The second-order valence-corrected chi connectivity index (χ2v) is 2.89. The van der Waals surface area contributed by atoms with Crippen LogP contribution in [0.2, 0.25) is 0 Å². The molecule has 1 N–H and O–H groups in total. The predicted molar refractivity (Wildman–Crippen MR) is 37.3 cm³/mol. The van der Waals surface area contributed by atoms with E-state index in [1.165, 1.54) is 0 Å². The van der Waals surface area contributed by atoms with Crippen LogP contribution in [0.25, 0.3) is 0 Å². The summed E-state index contributed by atoms with van der Waals surface area (Å²) < 4.78 is 0. The molecule has 0 spiro atoms.